The molecule has 1 aromatic heterocycles. The molecule has 1 aliphatic heterocycles. The summed E-state index contributed by atoms with van der Waals surface area (Å²) in [5.74, 6) is 0.173. The summed E-state index contributed by atoms with van der Waals surface area (Å²) < 4.78 is 6.90. The molecule has 0 saturated heterocycles. The van der Waals surface area contributed by atoms with Crippen LogP contribution in [0.1, 0.15) is 56.3 Å². The molecule has 2 aromatic rings. The SMILES string of the molecule is CCOC(=O)CN1C2=C(C(=O)CC(C)(C)C2)C(c2ccc(C)cc2)n2ncc(C#N)c21. The van der Waals surface area contributed by atoms with E-state index in [0.29, 0.717) is 29.8 Å². The topological polar surface area (TPSA) is 88.2 Å². The van der Waals surface area contributed by atoms with E-state index in [1.54, 1.807) is 16.5 Å². The minimum atomic E-state index is -0.435. The first-order valence-corrected chi connectivity index (χ1v) is 10.5. The van der Waals surface area contributed by atoms with Crippen molar-refractivity contribution in [3.63, 3.8) is 0 Å². The number of ketones is 1. The van der Waals surface area contributed by atoms with Gasteiger partial charge >= 0.3 is 5.97 Å². The fourth-order valence-electron chi connectivity index (χ4n) is 4.56. The van der Waals surface area contributed by atoms with Gasteiger partial charge in [-0.1, -0.05) is 43.7 Å². The van der Waals surface area contributed by atoms with Gasteiger partial charge in [0, 0.05) is 17.7 Å². The van der Waals surface area contributed by atoms with Crippen LogP contribution in [0.4, 0.5) is 5.82 Å². The summed E-state index contributed by atoms with van der Waals surface area (Å²) in [6, 6.07) is 9.76. The summed E-state index contributed by atoms with van der Waals surface area (Å²) in [7, 11) is 0. The Labute approximate surface area is 181 Å². The van der Waals surface area contributed by atoms with Crippen LogP contribution in [0.5, 0.6) is 0 Å². The molecule has 7 heteroatoms. The number of carbonyl (C=O) groups is 2. The number of aromatic nitrogens is 2. The number of benzene rings is 1. The number of anilines is 1. The fourth-order valence-corrected chi connectivity index (χ4v) is 4.56. The van der Waals surface area contributed by atoms with E-state index in [2.05, 4.69) is 25.0 Å². The van der Waals surface area contributed by atoms with Crippen molar-refractivity contribution in [2.75, 3.05) is 18.1 Å². The fraction of sp³-hybridized carbons (Fsp3) is 0.417. The maximum absolute atomic E-state index is 13.4. The first-order valence-electron chi connectivity index (χ1n) is 10.5. The first-order chi connectivity index (χ1) is 14.8. The third-order valence-corrected chi connectivity index (χ3v) is 5.87. The normalized spacial score (nSPS) is 19.5. The van der Waals surface area contributed by atoms with Crippen molar-refractivity contribution in [1.82, 2.24) is 9.78 Å². The van der Waals surface area contributed by atoms with E-state index in [9.17, 15) is 14.9 Å². The zero-order valence-electron chi connectivity index (χ0n) is 18.3. The molecule has 0 spiro atoms. The number of hydrogen-bond acceptors (Lipinski definition) is 6. The Morgan fingerprint density at radius 2 is 2.00 bits per heavy atom. The highest BCUT2D eigenvalue weighted by Crippen LogP contribution is 2.48. The number of allylic oxidation sites excluding steroid dienone is 2. The van der Waals surface area contributed by atoms with Crippen LogP contribution in [-0.4, -0.2) is 34.7 Å². The lowest BCUT2D eigenvalue weighted by molar-refractivity contribution is -0.141. The van der Waals surface area contributed by atoms with E-state index in [1.165, 1.54) is 6.20 Å². The Morgan fingerprint density at radius 1 is 1.29 bits per heavy atom. The van der Waals surface area contributed by atoms with Crippen LogP contribution in [0.25, 0.3) is 0 Å². The summed E-state index contributed by atoms with van der Waals surface area (Å²) in [5.41, 5.74) is 3.58. The molecule has 1 atom stereocenters. The lowest BCUT2D eigenvalue weighted by Crippen LogP contribution is -2.44. The number of Topliss-reactive ketones (excluding diaryl/α,β-unsaturated/α-hetero) is 1. The van der Waals surface area contributed by atoms with Gasteiger partial charge in [-0.3, -0.25) is 9.59 Å². The van der Waals surface area contributed by atoms with Crippen LogP contribution in [0.2, 0.25) is 0 Å². The number of carbonyl (C=O) groups excluding carboxylic acids is 2. The number of nitrogens with zero attached hydrogens (tertiary/aromatic N) is 4. The molecule has 2 aliphatic rings. The Kier molecular flexibility index (Phi) is 5.18. The number of nitriles is 1. The standard InChI is InChI=1S/C24H26N4O3/c1-5-31-20(30)14-27-18-10-24(3,4)11-19(29)21(18)22(16-8-6-15(2)7-9-16)28-23(27)17(12-25)13-26-28/h6-9,13,22H,5,10-11,14H2,1-4H3. The average molecular weight is 418 g/mol. The maximum atomic E-state index is 13.4. The first kappa shape index (κ1) is 20.9. The van der Waals surface area contributed by atoms with Gasteiger partial charge in [0.15, 0.2) is 11.6 Å². The van der Waals surface area contributed by atoms with Crippen molar-refractivity contribution in [1.29, 1.82) is 5.26 Å². The molecule has 31 heavy (non-hydrogen) atoms. The second kappa shape index (κ2) is 7.69. The predicted octanol–water partition coefficient (Wildman–Crippen LogP) is 3.68. The molecule has 0 radical (unpaired) electrons. The summed E-state index contributed by atoms with van der Waals surface area (Å²) in [6.07, 6.45) is 2.54. The van der Waals surface area contributed by atoms with Crippen molar-refractivity contribution >= 4 is 17.6 Å². The predicted molar refractivity (Wildman–Crippen MR) is 115 cm³/mol. The minimum absolute atomic E-state index is 0.0466. The monoisotopic (exact) mass is 418 g/mol. The van der Waals surface area contributed by atoms with Gasteiger partial charge in [0.05, 0.1) is 12.8 Å². The van der Waals surface area contributed by atoms with Crippen molar-refractivity contribution in [3.8, 4) is 6.07 Å². The molecular formula is C24H26N4O3. The highest BCUT2D eigenvalue weighted by molar-refractivity contribution is 6.01. The molecule has 1 aromatic carbocycles. The van der Waals surface area contributed by atoms with Gasteiger partial charge in [0.25, 0.3) is 0 Å². The summed E-state index contributed by atoms with van der Waals surface area (Å²) in [5, 5.41) is 14.2. The van der Waals surface area contributed by atoms with E-state index >= 15 is 0 Å². The molecule has 0 N–H and O–H groups in total. The van der Waals surface area contributed by atoms with E-state index in [0.717, 1.165) is 16.8 Å². The van der Waals surface area contributed by atoms with Crippen molar-refractivity contribution in [2.45, 2.75) is 46.6 Å². The highest BCUT2D eigenvalue weighted by atomic mass is 16.5. The number of rotatable bonds is 4. The quantitative estimate of drug-likeness (QED) is 0.704. The third kappa shape index (κ3) is 3.63. The molecular weight excluding hydrogens is 392 g/mol. The molecule has 4 rings (SSSR count). The van der Waals surface area contributed by atoms with Gasteiger partial charge in [0.2, 0.25) is 0 Å². The summed E-state index contributed by atoms with van der Waals surface area (Å²) in [6.45, 7) is 8.06. The molecule has 0 saturated carbocycles. The Balaban J connectivity index is 1.96. The molecule has 7 nitrogen and oxygen atoms in total. The van der Waals surface area contributed by atoms with E-state index in [1.807, 2.05) is 31.2 Å². The van der Waals surface area contributed by atoms with Gasteiger partial charge in [0.1, 0.15) is 24.2 Å². The van der Waals surface area contributed by atoms with Crippen LogP contribution in [0.15, 0.2) is 41.7 Å². The zero-order valence-corrected chi connectivity index (χ0v) is 18.3. The van der Waals surface area contributed by atoms with Crippen LogP contribution in [0.3, 0.4) is 0 Å². The lowest BCUT2D eigenvalue weighted by atomic mass is 9.72. The molecule has 0 amide bonds. The molecule has 160 valence electrons. The largest absolute Gasteiger partial charge is 0.465 e. The molecule has 1 unspecified atom stereocenters. The minimum Gasteiger partial charge on any atom is -0.465 e. The van der Waals surface area contributed by atoms with Crippen LogP contribution in [-0.2, 0) is 14.3 Å². The van der Waals surface area contributed by atoms with E-state index in [4.69, 9.17) is 4.74 Å². The van der Waals surface area contributed by atoms with E-state index < -0.39 is 12.0 Å². The second-order valence-corrected chi connectivity index (χ2v) is 8.94. The smallest absolute Gasteiger partial charge is 0.326 e. The summed E-state index contributed by atoms with van der Waals surface area (Å²) in [4.78, 5) is 27.7. The maximum Gasteiger partial charge on any atom is 0.326 e. The number of ether oxygens (including phenoxy) is 1. The molecule has 0 fully saturated rings. The van der Waals surface area contributed by atoms with Gasteiger partial charge in [-0.15, -0.1) is 0 Å². The average Bonchev–Trinajstić information content (AvgIpc) is 3.12. The molecule has 2 heterocycles. The summed E-state index contributed by atoms with van der Waals surface area (Å²) >= 11 is 0. The molecule has 1 aliphatic carbocycles. The molecule has 0 bridgehead atoms. The number of aryl methyl sites for hydroxylation is 1. The van der Waals surface area contributed by atoms with Gasteiger partial charge in [-0.25, -0.2) is 4.68 Å². The highest BCUT2D eigenvalue weighted by Gasteiger charge is 2.45. The number of hydrogen-bond donors (Lipinski definition) is 0. The van der Waals surface area contributed by atoms with Crippen LogP contribution < -0.4 is 4.90 Å². The Morgan fingerprint density at radius 3 is 2.65 bits per heavy atom. The Bertz CT molecular complexity index is 1120. The second-order valence-electron chi connectivity index (χ2n) is 8.94. The Hall–Kier alpha value is -3.40. The van der Waals surface area contributed by atoms with Crippen LogP contribution in [0, 0.1) is 23.7 Å². The van der Waals surface area contributed by atoms with Crippen molar-refractivity contribution < 1.29 is 14.3 Å². The lowest BCUT2D eigenvalue weighted by Gasteiger charge is -2.43. The van der Waals surface area contributed by atoms with E-state index in [-0.39, 0.29) is 24.3 Å². The third-order valence-electron chi connectivity index (χ3n) is 5.87. The van der Waals surface area contributed by atoms with Crippen LogP contribution >= 0.6 is 0 Å². The van der Waals surface area contributed by atoms with Crippen molar-refractivity contribution in [3.05, 3.63) is 58.4 Å². The van der Waals surface area contributed by atoms with Gasteiger partial charge in [-0.05, 0) is 31.2 Å². The number of fused-ring (bicyclic) bond motifs is 1. The zero-order chi connectivity index (χ0) is 22.3. The number of esters is 1. The van der Waals surface area contributed by atoms with Crippen molar-refractivity contribution in [2.24, 2.45) is 5.41 Å². The van der Waals surface area contributed by atoms with Gasteiger partial charge in [-0.2, -0.15) is 10.4 Å². The van der Waals surface area contributed by atoms with Gasteiger partial charge < -0.3 is 9.64 Å².